The molecule has 150 valence electrons. The van der Waals surface area contributed by atoms with Crippen molar-refractivity contribution < 1.29 is 14.1 Å². The molecule has 4 aromatic rings. The van der Waals surface area contributed by atoms with Crippen LogP contribution in [0.3, 0.4) is 0 Å². The molecule has 2 aromatic carbocycles. The maximum Gasteiger partial charge on any atom is 0.220 e. The smallest absolute Gasteiger partial charge is 0.220 e. The van der Waals surface area contributed by atoms with E-state index in [1.54, 1.807) is 31.3 Å². The number of aromatic nitrogens is 2. The Balaban J connectivity index is 1.74. The van der Waals surface area contributed by atoms with E-state index in [4.69, 9.17) is 20.9 Å². The SMILES string of the molecule is Cc1onc(-c2ccccc2Cl)c1N(C=O)c1ncccc1OCc1ccccc1. The highest BCUT2D eigenvalue weighted by atomic mass is 35.5. The molecule has 1 amide bonds. The molecule has 0 fully saturated rings. The van der Waals surface area contributed by atoms with Gasteiger partial charge in [0.25, 0.3) is 0 Å². The third-order valence-corrected chi connectivity index (χ3v) is 4.85. The number of hydrogen-bond donors (Lipinski definition) is 0. The summed E-state index contributed by atoms with van der Waals surface area (Å²) in [6.07, 6.45) is 2.26. The Morgan fingerprint density at radius 3 is 2.60 bits per heavy atom. The van der Waals surface area contributed by atoms with Crippen molar-refractivity contribution in [2.75, 3.05) is 4.90 Å². The van der Waals surface area contributed by atoms with E-state index in [-0.39, 0.29) is 0 Å². The molecule has 0 saturated heterocycles. The number of rotatable bonds is 7. The minimum Gasteiger partial charge on any atom is -0.485 e. The molecule has 0 aliphatic heterocycles. The van der Waals surface area contributed by atoms with Crippen molar-refractivity contribution in [2.45, 2.75) is 13.5 Å². The maximum absolute atomic E-state index is 12.2. The fraction of sp³-hybridized carbons (Fsp3) is 0.0870. The van der Waals surface area contributed by atoms with E-state index >= 15 is 0 Å². The van der Waals surface area contributed by atoms with Gasteiger partial charge in [0.2, 0.25) is 6.41 Å². The molecule has 0 bridgehead atoms. The Kier molecular flexibility index (Phi) is 5.77. The van der Waals surface area contributed by atoms with E-state index in [1.807, 2.05) is 48.5 Å². The summed E-state index contributed by atoms with van der Waals surface area (Å²) in [5.74, 6) is 1.25. The molecule has 30 heavy (non-hydrogen) atoms. The number of halogens is 1. The summed E-state index contributed by atoms with van der Waals surface area (Å²) in [4.78, 5) is 17.9. The molecular formula is C23H18ClN3O3. The fourth-order valence-corrected chi connectivity index (χ4v) is 3.33. The van der Waals surface area contributed by atoms with Crippen molar-refractivity contribution in [1.29, 1.82) is 0 Å². The van der Waals surface area contributed by atoms with Gasteiger partial charge in [0.05, 0.1) is 5.02 Å². The second-order valence-corrected chi connectivity index (χ2v) is 6.90. The molecule has 0 unspecified atom stereocenters. The summed E-state index contributed by atoms with van der Waals surface area (Å²) in [6.45, 7) is 2.07. The van der Waals surface area contributed by atoms with Crippen molar-refractivity contribution in [3.05, 3.63) is 89.3 Å². The number of pyridine rings is 1. The quantitative estimate of drug-likeness (QED) is 0.366. The second kappa shape index (κ2) is 8.80. The van der Waals surface area contributed by atoms with E-state index in [0.717, 1.165) is 5.56 Å². The minimum absolute atomic E-state index is 0.336. The molecule has 0 atom stereocenters. The molecular weight excluding hydrogens is 402 g/mol. The first-order valence-electron chi connectivity index (χ1n) is 9.26. The summed E-state index contributed by atoms with van der Waals surface area (Å²) in [5, 5.41) is 4.64. The van der Waals surface area contributed by atoms with Crippen molar-refractivity contribution in [2.24, 2.45) is 0 Å². The van der Waals surface area contributed by atoms with Gasteiger partial charge in [0.15, 0.2) is 17.3 Å². The summed E-state index contributed by atoms with van der Waals surface area (Å²) in [7, 11) is 0. The second-order valence-electron chi connectivity index (χ2n) is 6.49. The zero-order valence-corrected chi connectivity index (χ0v) is 16.9. The lowest BCUT2D eigenvalue weighted by Gasteiger charge is -2.20. The Morgan fingerprint density at radius 2 is 1.83 bits per heavy atom. The minimum atomic E-state index is 0.336. The molecule has 0 spiro atoms. The normalized spacial score (nSPS) is 10.6. The molecule has 2 heterocycles. The first kappa shape index (κ1) is 19.7. The van der Waals surface area contributed by atoms with Crippen molar-refractivity contribution in [3.63, 3.8) is 0 Å². The standard InChI is InChI=1S/C23H18ClN3O3/c1-16-22(21(26-30-16)18-10-5-6-11-19(18)24)27(15-28)23-20(12-7-13-25-23)29-14-17-8-3-2-4-9-17/h2-13,15H,14H2,1H3. The topological polar surface area (TPSA) is 68.5 Å². The average Bonchev–Trinajstić information content (AvgIpc) is 3.16. The number of nitrogens with zero attached hydrogens (tertiary/aromatic N) is 3. The summed E-state index contributed by atoms with van der Waals surface area (Å²) in [6, 6.07) is 20.5. The first-order chi connectivity index (χ1) is 14.7. The first-order valence-corrected chi connectivity index (χ1v) is 9.64. The third-order valence-electron chi connectivity index (χ3n) is 4.52. The predicted molar refractivity (Wildman–Crippen MR) is 115 cm³/mol. The van der Waals surface area contributed by atoms with Gasteiger partial charge < -0.3 is 9.26 Å². The van der Waals surface area contributed by atoms with Gasteiger partial charge in [-0.2, -0.15) is 0 Å². The van der Waals surface area contributed by atoms with Gasteiger partial charge in [0, 0.05) is 11.8 Å². The van der Waals surface area contributed by atoms with Crippen LogP contribution in [0.2, 0.25) is 5.02 Å². The molecule has 0 radical (unpaired) electrons. The van der Waals surface area contributed by atoms with Gasteiger partial charge in [-0.25, -0.2) is 4.98 Å². The summed E-state index contributed by atoms with van der Waals surface area (Å²) < 4.78 is 11.4. The van der Waals surface area contributed by atoms with Crippen LogP contribution >= 0.6 is 11.6 Å². The van der Waals surface area contributed by atoms with E-state index in [1.165, 1.54) is 4.90 Å². The van der Waals surface area contributed by atoms with E-state index in [9.17, 15) is 4.79 Å². The molecule has 6 nitrogen and oxygen atoms in total. The van der Waals surface area contributed by atoms with Crippen LogP contribution < -0.4 is 9.64 Å². The Labute approximate surface area is 178 Å². The maximum atomic E-state index is 12.2. The molecule has 0 saturated carbocycles. The monoisotopic (exact) mass is 419 g/mol. The molecule has 0 aliphatic rings. The molecule has 2 aromatic heterocycles. The highest BCUT2D eigenvalue weighted by molar-refractivity contribution is 6.33. The lowest BCUT2D eigenvalue weighted by Crippen LogP contribution is -2.18. The van der Waals surface area contributed by atoms with Crippen molar-refractivity contribution in [1.82, 2.24) is 10.1 Å². The summed E-state index contributed by atoms with van der Waals surface area (Å²) >= 11 is 6.35. The Bertz CT molecular complexity index is 1160. The number of amides is 1. The number of carbonyl (C=O) groups excluding carboxylic acids is 1. The van der Waals surface area contributed by atoms with Crippen molar-refractivity contribution >= 4 is 29.5 Å². The van der Waals surface area contributed by atoms with Crippen LogP contribution in [0.15, 0.2) is 77.4 Å². The Hall–Kier alpha value is -3.64. The number of carbonyl (C=O) groups is 1. The van der Waals surface area contributed by atoms with Gasteiger partial charge in [-0.1, -0.05) is 65.3 Å². The van der Waals surface area contributed by atoms with Crippen LogP contribution in [0.25, 0.3) is 11.3 Å². The van der Waals surface area contributed by atoms with Crippen molar-refractivity contribution in [3.8, 4) is 17.0 Å². The van der Waals surface area contributed by atoms with Gasteiger partial charge in [-0.15, -0.1) is 0 Å². The largest absolute Gasteiger partial charge is 0.485 e. The van der Waals surface area contributed by atoms with Gasteiger partial charge in [-0.05, 0) is 30.7 Å². The highest BCUT2D eigenvalue weighted by Crippen LogP contribution is 2.41. The zero-order chi connectivity index (χ0) is 20.9. The molecule has 0 N–H and O–H groups in total. The van der Waals surface area contributed by atoms with E-state index in [2.05, 4.69) is 10.1 Å². The average molecular weight is 420 g/mol. The van der Waals surface area contributed by atoms with Crippen LogP contribution in [0.5, 0.6) is 5.75 Å². The summed E-state index contributed by atoms with van der Waals surface area (Å²) in [5.41, 5.74) is 2.56. The zero-order valence-electron chi connectivity index (χ0n) is 16.2. The highest BCUT2D eigenvalue weighted by Gasteiger charge is 2.26. The molecule has 4 rings (SSSR count). The number of aryl methyl sites for hydroxylation is 1. The number of anilines is 2. The lowest BCUT2D eigenvalue weighted by molar-refractivity contribution is -0.106. The van der Waals surface area contributed by atoms with Crippen LogP contribution in [-0.4, -0.2) is 16.6 Å². The van der Waals surface area contributed by atoms with E-state index < -0.39 is 0 Å². The lowest BCUT2D eigenvalue weighted by atomic mass is 10.1. The third kappa shape index (κ3) is 3.90. The number of benzene rings is 2. The molecule has 0 aliphatic carbocycles. The Morgan fingerprint density at radius 1 is 1.07 bits per heavy atom. The van der Waals surface area contributed by atoms with Crippen LogP contribution in [0, 0.1) is 6.92 Å². The van der Waals surface area contributed by atoms with Gasteiger partial charge in [0.1, 0.15) is 18.0 Å². The van der Waals surface area contributed by atoms with Crippen LogP contribution in [0.4, 0.5) is 11.5 Å². The van der Waals surface area contributed by atoms with E-state index in [0.29, 0.717) is 52.3 Å². The van der Waals surface area contributed by atoms with Gasteiger partial charge in [-0.3, -0.25) is 9.69 Å². The predicted octanol–water partition coefficient (Wildman–Crippen LogP) is 5.57. The van der Waals surface area contributed by atoms with Crippen LogP contribution in [0.1, 0.15) is 11.3 Å². The number of ether oxygens (including phenoxy) is 1. The number of hydrogen-bond acceptors (Lipinski definition) is 5. The van der Waals surface area contributed by atoms with Crippen LogP contribution in [-0.2, 0) is 11.4 Å². The molecule has 7 heteroatoms. The van der Waals surface area contributed by atoms with Gasteiger partial charge >= 0.3 is 0 Å². The fourth-order valence-electron chi connectivity index (χ4n) is 3.10.